The quantitative estimate of drug-likeness (QED) is 0.230. The van der Waals surface area contributed by atoms with Crippen LogP contribution in [-0.2, 0) is 0 Å². The highest BCUT2D eigenvalue weighted by Crippen LogP contribution is 2.20. The fraction of sp³-hybridized carbons (Fsp3) is 0.917. The maximum atomic E-state index is 2.57. The second kappa shape index (κ2) is 16.5. The molecule has 0 aromatic carbocycles. The lowest BCUT2D eigenvalue weighted by molar-refractivity contribution is 0.146. The lowest BCUT2D eigenvalue weighted by atomic mass is 10.0. The van der Waals surface area contributed by atoms with Gasteiger partial charge in [-0.2, -0.15) is 0 Å². The largest absolute Gasteiger partial charge is 0.356 e. The fourth-order valence-electron chi connectivity index (χ4n) is 4.22. The van der Waals surface area contributed by atoms with E-state index < -0.39 is 0 Å². The van der Waals surface area contributed by atoms with Gasteiger partial charge in [0.1, 0.15) is 6.17 Å². The summed E-state index contributed by atoms with van der Waals surface area (Å²) < 4.78 is 0. The average Bonchev–Trinajstić information content (AvgIpc) is 3.04. The third kappa shape index (κ3) is 10.5. The summed E-state index contributed by atoms with van der Waals surface area (Å²) in [6.07, 6.45) is 27.9. The molecule has 1 aliphatic heterocycles. The highest BCUT2D eigenvalue weighted by Gasteiger charge is 2.22. The smallest absolute Gasteiger partial charge is 0.100 e. The van der Waals surface area contributed by atoms with Gasteiger partial charge in [0, 0.05) is 25.5 Å². The van der Waals surface area contributed by atoms with Crippen molar-refractivity contribution in [2.24, 2.45) is 0 Å². The van der Waals surface area contributed by atoms with Gasteiger partial charge in [-0.15, -0.1) is 0 Å². The van der Waals surface area contributed by atoms with Crippen molar-refractivity contribution < 1.29 is 0 Å². The number of rotatable bonds is 18. The number of hydrogen-bond donors (Lipinski definition) is 0. The Morgan fingerprint density at radius 2 is 0.923 bits per heavy atom. The molecule has 1 heterocycles. The van der Waals surface area contributed by atoms with Gasteiger partial charge >= 0.3 is 0 Å². The molecule has 2 heteroatoms. The highest BCUT2D eigenvalue weighted by molar-refractivity contribution is 4.96. The summed E-state index contributed by atoms with van der Waals surface area (Å²) in [6.45, 7) is 9.33. The van der Waals surface area contributed by atoms with Crippen LogP contribution < -0.4 is 0 Å². The molecule has 2 nitrogen and oxygen atoms in total. The highest BCUT2D eigenvalue weighted by atomic mass is 15.4. The van der Waals surface area contributed by atoms with Crippen molar-refractivity contribution in [3.63, 3.8) is 0 Å². The summed E-state index contributed by atoms with van der Waals surface area (Å²) in [7, 11) is 0. The predicted octanol–water partition coefficient (Wildman–Crippen LogP) is 7.70. The van der Waals surface area contributed by atoms with Crippen LogP contribution in [0, 0.1) is 0 Å². The summed E-state index contributed by atoms with van der Waals surface area (Å²) >= 11 is 0. The number of hydrogen-bond acceptors (Lipinski definition) is 2. The molecule has 0 aliphatic carbocycles. The van der Waals surface area contributed by atoms with Crippen molar-refractivity contribution in [2.75, 3.05) is 13.1 Å². The molecule has 0 aromatic rings. The van der Waals surface area contributed by atoms with Crippen LogP contribution in [0.2, 0.25) is 0 Å². The molecule has 0 saturated heterocycles. The van der Waals surface area contributed by atoms with Crippen molar-refractivity contribution in [3.05, 3.63) is 12.4 Å². The maximum Gasteiger partial charge on any atom is 0.100 e. The molecular weight excluding hydrogens is 316 g/mol. The van der Waals surface area contributed by atoms with Crippen molar-refractivity contribution in [2.45, 2.75) is 130 Å². The summed E-state index contributed by atoms with van der Waals surface area (Å²) in [6, 6.07) is 0. The molecule has 26 heavy (non-hydrogen) atoms. The Morgan fingerprint density at radius 1 is 0.500 bits per heavy atom. The van der Waals surface area contributed by atoms with Crippen molar-refractivity contribution in [1.29, 1.82) is 0 Å². The molecule has 0 fully saturated rings. The number of nitrogens with zero attached hydrogens (tertiary/aromatic N) is 2. The zero-order chi connectivity index (χ0) is 18.9. The first-order chi connectivity index (χ1) is 12.8. The molecule has 1 rings (SSSR count). The van der Waals surface area contributed by atoms with E-state index in [1.165, 1.54) is 116 Å². The first-order valence-corrected chi connectivity index (χ1v) is 12.0. The molecular formula is C24H48N2. The van der Waals surface area contributed by atoms with Crippen LogP contribution in [0.1, 0.15) is 124 Å². The molecule has 0 radical (unpaired) electrons. The van der Waals surface area contributed by atoms with Crippen molar-refractivity contribution in [1.82, 2.24) is 9.80 Å². The summed E-state index contributed by atoms with van der Waals surface area (Å²) in [5, 5.41) is 0. The monoisotopic (exact) mass is 364 g/mol. The minimum absolute atomic E-state index is 0.622. The minimum atomic E-state index is 0.622. The van der Waals surface area contributed by atoms with Crippen LogP contribution >= 0.6 is 0 Å². The summed E-state index contributed by atoms with van der Waals surface area (Å²) in [4.78, 5) is 5.08. The summed E-state index contributed by atoms with van der Waals surface area (Å²) in [5.41, 5.74) is 0. The number of unbranched alkanes of at least 4 members (excludes halogenated alkanes) is 13. The van der Waals surface area contributed by atoms with Gasteiger partial charge in [-0.05, 0) is 19.3 Å². The van der Waals surface area contributed by atoms with E-state index in [0.29, 0.717) is 6.17 Å². The van der Waals surface area contributed by atoms with Gasteiger partial charge in [-0.3, -0.25) is 0 Å². The van der Waals surface area contributed by atoms with Crippen LogP contribution in [0.3, 0.4) is 0 Å². The topological polar surface area (TPSA) is 6.48 Å². The van der Waals surface area contributed by atoms with E-state index in [-0.39, 0.29) is 0 Å². The van der Waals surface area contributed by atoms with E-state index in [9.17, 15) is 0 Å². The van der Waals surface area contributed by atoms with E-state index in [1.54, 1.807) is 0 Å². The van der Waals surface area contributed by atoms with Gasteiger partial charge in [0.05, 0.1) is 0 Å². The SMILES string of the molecule is CCCCCCCCCCCCCCCCN1C=CN(CCC)C1CC. The molecule has 0 spiro atoms. The molecule has 154 valence electrons. The van der Waals surface area contributed by atoms with Gasteiger partial charge < -0.3 is 9.80 Å². The van der Waals surface area contributed by atoms with Gasteiger partial charge in [0.2, 0.25) is 0 Å². The van der Waals surface area contributed by atoms with Crippen LogP contribution in [-0.4, -0.2) is 29.1 Å². The normalized spacial score (nSPS) is 16.8. The molecule has 0 N–H and O–H groups in total. The average molecular weight is 365 g/mol. The van der Waals surface area contributed by atoms with Gasteiger partial charge in [-0.25, -0.2) is 0 Å². The lowest BCUT2D eigenvalue weighted by Crippen LogP contribution is -2.38. The molecule has 0 amide bonds. The third-order valence-electron chi connectivity index (χ3n) is 5.83. The van der Waals surface area contributed by atoms with Crippen LogP contribution in [0.15, 0.2) is 12.4 Å². The molecule has 1 atom stereocenters. The maximum absolute atomic E-state index is 2.57. The Morgan fingerprint density at radius 3 is 1.35 bits per heavy atom. The van der Waals surface area contributed by atoms with E-state index in [2.05, 4.69) is 43.0 Å². The first-order valence-electron chi connectivity index (χ1n) is 12.0. The van der Waals surface area contributed by atoms with E-state index in [1.807, 2.05) is 0 Å². The molecule has 0 aromatic heterocycles. The minimum Gasteiger partial charge on any atom is -0.356 e. The Kier molecular flexibility index (Phi) is 14.8. The van der Waals surface area contributed by atoms with Crippen LogP contribution in [0.5, 0.6) is 0 Å². The molecule has 0 saturated carbocycles. The Hall–Kier alpha value is -0.660. The van der Waals surface area contributed by atoms with E-state index >= 15 is 0 Å². The second-order valence-electron chi connectivity index (χ2n) is 8.26. The third-order valence-corrected chi connectivity index (χ3v) is 5.83. The van der Waals surface area contributed by atoms with Gasteiger partial charge in [0.25, 0.3) is 0 Å². The zero-order valence-corrected chi connectivity index (χ0v) is 18.4. The van der Waals surface area contributed by atoms with Crippen LogP contribution in [0.25, 0.3) is 0 Å². The summed E-state index contributed by atoms with van der Waals surface area (Å²) in [5.74, 6) is 0. The fourth-order valence-corrected chi connectivity index (χ4v) is 4.22. The van der Waals surface area contributed by atoms with E-state index in [0.717, 1.165) is 0 Å². The van der Waals surface area contributed by atoms with Crippen molar-refractivity contribution >= 4 is 0 Å². The van der Waals surface area contributed by atoms with Gasteiger partial charge in [0.15, 0.2) is 0 Å². The Balaban J connectivity index is 1.86. The predicted molar refractivity (Wildman–Crippen MR) is 117 cm³/mol. The van der Waals surface area contributed by atoms with Gasteiger partial charge in [-0.1, -0.05) is 104 Å². The Labute approximate surface area is 165 Å². The first kappa shape index (κ1) is 23.4. The standard InChI is InChI=1S/C24H48N2/c1-4-7-8-9-10-11-12-13-14-15-16-17-18-19-21-26-23-22-25(20-5-2)24(26)6-3/h22-24H,4-21H2,1-3H3. The van der Waals surface area contributed by atoms with E-state index in [4.69, 9.17) is 0 Å². The molecule has 1 unspecified atom stereocenters. The Bertz CT molecular complexity index is 326. The molecule has 1 aliphatic rings. The lowest BCUT2D eigenvalue weighted by Gasteiger charge is -2.32. The molecule has 0 bridgehead atoms. The zero-order valence-electron chi connectivity index (χ0n) is 18.4. The second-order valence-corrected chi connectivity index (χ2v) is 8.26. The van der Waals surface area contributed by atoms with Crippen LogP contribution in [0.4, 0.5) is 0 Å². The van der Waals surface area contributed by atoms with Crippen molar-refractivity contribution in [3.8, 4) is 0 Å².